The highest BCUT2D eigenvalue weighted by atomic mass is 16.6. The number of ether oxygens (including phenoxy) is 4. The monoisotopic (exact) mass is 306 g/mol. The molecular weight excluding hydrogens is 280 g/mol. The van der Waals surface area contributed by atoms with Gasteiger partial charge in [-0.2, -0.15) is 0 Å². The van der Waals surface area contributed by atoms with Crippen LogP contribution in [-0.2, 0) is 18.9 Å². The van der Waals surface area contributed by atoms with Crippen LogP contribution in [0.3, 0.4) is 0 Å². The fourth-order valence-electron chi connectivity index (χ4n) is 1.59. The van der Waals surface area contributed by atoms with Gasteiger partial charge in [0.25, 0.3) is 0 Å². The minimum atomic E-state index is 0.420. The van der Waals surface area contributed by atoms with Crippen molar-refractivity contribution in [3.8, 4) is 11.8 Å². The molecule has 0 unspecified atom stereocenters. The van der Waals surface area contributed by atoms with Crippen LogP contribution in [0.1, 0.15) is 18.9 Å². The molecule has 4 heteroatoms. The summed E-state index contributed by atoms with van der Waals surface area (Å²) < 4.78 is 21.4. The molecule has 22 heavy (non-hydrogen) atoms. The van der Waals surface area contributed by atoms with E-state index in [1.54, 1.807) is 0 Å². The third-order valence-electron chi connectivity index (χ3n) is 2.65. The molecular formula is C18H26O4. The standard InChI is InChI=1S/C18H26O4/c1-2-10-19-12-14-21-16-17-22-15-13-20-11-6-9-18-7-4-3-5-8-18/h3-5,7-8H,2,10-17H2,1H3. The van der Waals surface area contributed by atoms with Crippen molar-refractivity contribution in [3.05, 3.63) is 35.9 Å². The van der Waals surface area contributed by atoms with Crippen LogP contribution in [0.5, 0.6) is 0 Å². The van der Waals surface area contributed by atoms with Gasteiger partial charge in [0.15, 0.2) is 0 Å². The summed E-state index contributed by atoms with van der Waals surface area (Å²) in [6, 6.07) is 9.86. The van der Waals surface area contributed by atoms with Gasteiger partial charge in [-0.05, 0) is 18.6 Å². The summed E-state index contributed by atoms with van der Waals surface area (Å²) in [5.41, 5.74) is 1.00. The van der Waals surface area contributed by atoms with Gasteiger partial charge >= 0.3 is 0 Å². The predicted octanol–water partition coefficient (Wildman–Crippen LogP) is 2.51. The lowest BCUT2D eigenvalue weighted by Crippen LogP contribution is -2.12. The zero-order chi connectivity index (χ0) is 15.7. The Bertz CT molecular complexity index is 408. The zero-order valence-electron chi connectivity index (χ0n) is 13.4. The van der Waals surface area contributed by atoms with E-state index in [0.717, 1.165) is 18.6 Å². The Morgan fingerprint density at radius 2 is 1.27 bits per heavy atom. The number of benzene rings is 1. The van der Waals surface area contributed by atoms with Gasteiger partial charge in [0.1, 0.15) is 6.61 Å². The second kappa shape index (κ2) is 14.6. The molecule has 0 spiro atoms. The first-order valence-electron chi connectivity index (χ1n) is 7.78. The maximum atomic E-state index is 5.39. The molecule has 0 atom stereocenters. The van der Waals surface area contributed by atoms with Crippen LogP contribution < -0.4 is 0 Å². The van der Waals surface area contributed by atoms with Gasteiger partial charge in [-0.3, -0.25) is 0 Å². The smallest absolute Gasteiger partial charge is 0.108 e. The predicted molar refractivity (Wildman–Crippen MR) is 86.9 cm³/mol. The van der Waals surface area contributed by atoms with Gasteiger partial charge in [0, 0.05) is 12.2 Å². The lowest BCUT2D eigenvalue weighted by Gasteiger charge is -2.06. The molecule has 0 aliphatic heterocycles. The Balaban J connectivity index is 1.81. The summed E-state index contributed by atoms with van der Waals surface area (Å²) in [6.07, 6.45) is 1.04. The molecule has 0 N–H and O–H groups in total. The first-order valence-corrected chi connectivity index (χ1v) is 7.78. The van der Waals surface area contributed by atoms with Crippen molar-refractivity contribution in [1.29, 1.82) is 0 Å². The Morgan fingerprint density at radius 1 is 0.727 bits per heavy atom. The summed E-state index contributed by atoms with van der Waals surface area (Å²) >= 11 is 0. The summed E-state index contributed by atoms with van der Waals surface area (Å²) in [5.74, 6) is 6.01. The second-order valence-electron chi connectivity index (χ2n) is 4.56. The molecule has 0 aliphatic rings. The van der Waals surface area contributed by atoms with Crippen LogP contribution in [0.2, 0.25) is 0 Å². The highest BCUT2D eigenvalue weighted by Gasteiger charge is 1.91. The molecule has 0 radical (unpaired) electrons. The Labute approximate surface area is 133 Å². The van der Waals surface area contributed by atoms with E-state index in [4.69, 9.17) is 18.9 Å². The zero-order valence-corrected chi connectivity index (χ0v) is 13.4. The van der Waals surface area contributed by atoms with Crippen molar-refractivity contribution in [2.75, 3.05) is 52.9 Å². The van der Waals surface area contributed by atoms with E-state index in [0.29, 0.717) is 46.2 Å². The van der Waals surface area contributed by atoms with Crippen molar-refractivity contribution in [2.24, 2.45) is 0 Å². The first-order chi connectivity index (χ1) is 10.9. The third kappa shape index (κ3) is 11.3. The molecule has 0 saturated heterocycles. The van der Waals surface area contributed by atoms with Crippen molar-refractivity contribution >= 4 is 0 Å². The lowest BCUT2D eigenvalue weighted by atomic mass is 10.2. The molecule has 0 heterocycles. The molecule has 122 valence electrons. The maximum Gasteiger partial charge on any atom is 0.108 e. The summed E-state index contributed by atoms with van der Waals surface area (Å²) in [7, 11) is 0. The molecule has 0 aliphatic carbocycles. The molecule has 4 nitrogen and oxygen atoms in total. The SMILES string of the molecule is CCCOCCOCCOCCOCC#Cc1ccccc1. The van der Waals surface area contributed by atoms with Crippen LogP contribution in [0.25, 0.3) is 0 Å². The minimum Gasteiger partial charge on any atom is -0.379 e. The summed E-state index contributed by atoms with van der Waals surface area (Å²) in [6.45, 7) is 6.84. The highest BCUT2D eigenvalue weighted by molar-refractivity contribution is 5.33. The number of hydrogen-bond donors (Lipinski definition) is 0. The lowest BCUT2D eigenvalue weighted by molar-refractivity contribution is 0.00140. The Kier molecular flexibility index (Phi) is 12.3. The molecule has 0 aromatic heterocycles. The molecule has 0 amide bonds. The molecule has 1 rings (SSSR count). The highest BCUT2D eigenvalue weighted by Crippen LogP contribution is 1.94. The third-order valence-corrected chi connectivity index (χ3v) is 2.65. The molecule has 0 saturated carbocycles. The van der Waals surface area contributed by atoms with Crippen molar-refractivity contribution in [1.82, 2.24) is 0 Å². The fourth-order valence-corrected chi connectivity index (χ4v) is 1.59. The van der Waals surface area contributed by atoms with Gasteiger partial charge in [-0.25, -0.2) is 0 Å². The normalized spacial score (nSPS) is 10.2. The van der Waals surface area contributed by atoms with Crippen molar-refractivity contribution < 1.29 is 18.9 Å². The van der Waals surface area contributed by atoms with E-state index >= 15 is 0 Å². The van der Waals surface area contributed by atoms with E-state index in [9.17, 15) is 0 Å². The van der Waals surface area contributed by atoms with Crippen molar-refractivity contribution in [2.45, 2.75) is 13.3 Å². The van der Waals surface area contributed by atoms with Crippen molar-refractivity contribution in [3.63, 3.8) is 0 Å². The van der Waals surface area contributed by atoms with Crippen LogP contribution in [0, 0.1) is 11.8 Å². The molecule has 0 bridgehead atoms. The largest absolute Gasteiger partial charge is 0.379 e. The average Bonchev–Trinajstić information content (AvgIpc) is 2.56. The molecule has 1 aromatic carbocycles. The van der Waals surface area contributed by atoms with E-state index in [2.05, 4.69) is 18.8 Å². The summed E-state index contributed by atoms with van der Waals surface area (Å²) in [5, 5.41) is 0. The molecule has 0 fully saturated rings. The van der Waals surface area contributed by atoms with Gasteiger partial charge < -0.3 is 18.9 Å². The minimum absolute atomic E-state index is 0.420. The van der Waals surface area contributed by atoms with Crippen LogP contribution in [-0.4, -0.2) is 52.9 Å². The Morgan fingerprint density at radius 3 is 1.86 bits per heavy atom. The van der Waals surface area contributed by atoms with Gasteiger partial charge in [-0.1, -0.05) is 37.0 Å². The molecule has 1 aromatic rings. The quantitative estimate of drug-likeness (QED) is 0.439. The number of hydrogen-bond acceptors (Lipinski definition) is 4. The van der Waals surface area contributed by atoms with E-state index in [-0.39, 0.29) is 0 Å². The van der Waals surface area contributed by atoms with Gasteiger partial charge in [0.2, 0.25) is 0 Å². The van der Waals surface area contributed by atoms with Crippen LogP contribution in [0.4, 0.5) is 0 Å². The van der Waals surface area contributed by atoms with E-state index in [1.807, 2.05) is 30.3 Å². The topological polar surface area (TPSA) is 36.9 Å². The van der Waals surface area contributed by atoms with Crippen LogP contribution in [0.15, 0.2) is 30.3 Å². The fraction of sp³-hybridized carbons (Fsp3) is 0.556. The first kappa shape index (κ1) is 18.7. The summed E-state index contributed by atoms with van der Waals surface area (Å²) in [4.78, 5) is 0. The number of rotatable bonds is 12. The second-order valence-corrected chi connectivity index (χ2v) is 4.56. The van der Waals surface area contributed by atoms with E-state index < -0.39 is 0 Å². The van der Waals surface area contributed by atoms with Crippen LogP contribution >= 0.6 is 0 Å². The average molecular weight is 306 g/mol. The van der Waals surface area contributed by atoms with Gasteiger partial charge in [-0.15, -0.1) is 0 Å². The Hall–Kier alpha value is -1.38. The maximum absolute atomic E-state index is 5.39. The van der Waals surface area contributed by atoms with E-state index in [1.165, 1.54) is 0 Å². The van der Waals surface area contributed by atoms with Gasteiger partial charge in [0.05, 0.1) is 39.6 Å².